The van der Waals surface area contributed by atoms with Gasteiger partial charge in [0.2, 0.25) is 0 Å². The lowest BCUT2D eigenvalue weighted by Crippen LogP contribution is -2.43. The van der Waals surface area contributed by atoms with Crippen molar-refractivity contribution in [3.05, 3.63) is 29.8 Å². The first-order valence-electron chi connectivity index (χ1n) is 6.26. The molecule has 1 aliphatic rings. The molecule has 2 rings (SSSR count). The molecule has 1 saturated heterocycles. The minimum absolute atomic E-state index is 0.0356. The first-order valence-corrected chi connectivity index (χ1v) is 7.75. The Morgan fingerprint density at radius 2 is 1.80 bits per heavy atom. The minimum Gasteiger partial charge on any atom is -0.481 e. The quantitative estimate of drug-likeness (QED) is 0.868. The summed E-state index contributed by atoms with van der Waals surface area (Å²) >= 11 is 0. The first kappa shape index (κ1) is 14.5. The molecular formula is C13H16N2O4S. The molecule has 1 heterocycles. The molecule has 1 fully saturated rings. The summed E-state index contributed by atoms with van der Waals surface area (Å²) in [6.07, 6.45) is -0.0356. The average molecular weight is 296 g/mol. The van der Waals surface area contributed by atoms with Crippen molar-refractivity contribution in [3.8, 4) is 0 Å². The van der Waals surface area contributed by atoms with E-state index in [0.717, 1.165) is 0 Å². The third kappa shape index (κ3) is 4.06. The number of hydrogen-bond donors (Lipinski definition) is 2. The number of rotatable bonds is 3. The molecule has 7 heteroatoms. The molecule has 2 amide bonds. The molecule has 0 aliphatic carbocycles. The third-order valence-electron chi connectivity index (χ3n) is 3.03. The Bertz CT molecular complexity index is 520. The van der Waals surface area contributed by atoms with Crippen LogP contribution >= 0.6 is 0 Å². The second-order valence-corrected chi connectivity index (χ2v) is 6.23. The normalized spacial score (nSPS) is 15.9. The van der Waals surface area contributed by atoms with Gasteiger partial charge < -0.3 is 15.3 Å². The second kappa shape index (κ2) is 6.51. The van der Waals surface area contributed by atoms with Crippen LogP contribution in [0.3, 0.4) is 0 Å². The lowest BCUT2D eigenvalue weighted by molar-refractivity contribution is -0.136. The van der Waals surface area contributed by atoms with E-state index in [0.29, 0.717) is 35.8 Å². The molecule has 0 saturated carbocycles. The van der Waals surface area contributed by atoms with E-state index < -0.39 is 16.8 Å². The molecule has 1 aromatic rings. The van der Waals surface area contributed by atoms with E-state index in [1.807, 2.05) is 0 Å². The summed E-state index contributed by atoms with van der Waals surface area (Å²) in [6, 6.07) is 6.49. The first-order chi connectivity index (χ1) is 9.54. The van der Waals surface area contributed by atoms with Gasteiger partial charge in [0, 0.05) is 41.1 Å². The van der Waals surface area contributed by atoms with Crippen molar-refractivity contribution < 1.29 is 18.9 Å². The molecular weight excluding hydrogens is 280 g/mol. The molecule has 6 nitrogen and oxygen atoms in total. The highest BCUT2D eigenvalue weighted by Crippen LogP contribution is 2.12. The summed E-state index contributed by atoms with van der Waals surface area (Å²) in [6.45, 7) is 0.991. The van der Waals surface area contributed by atoms with Gasteiger partial charge in [-0.1, -0.05) is 12.1 Å². The van der Waals surface area contributed by atoms with Gasteiger partial charge >= 0.3 is 12.0 Å². The fourth-order valence-electron chi connectivity index (χ4n) is 1.92. The zero-order valence-electron chi connectivity index (χ0n) is 10.9. The Balaban J connectivity index is 1.91. The van der Waals surface area contributed by atoms with Crippen molar-refractivity contribution in [2.75, 3.05) is 29.9 Å². The summed E-state index contributed by atoms with van der Waals surface area (Å²) in [5.41, 5.74) is 1.31. The molecule has 1 aromatic carbocycles. The summed E-state index contributed by atoms with van der Waals surface area (Å²) < 4.78 is 11.2. The fourth-order valence-corrected chi connectivity index (χ4v) is 2.98. The standard InChI is InChI=1S/C13H16N2O4S/c16-12(17)9-10-1-3-11(4-2-10)14-13(18)15-5-7-20(19)8-6-15/h1-4H,5-9H2,(H,14,18)(H,16,17). The van der Waals surface area contributed by atoms with E-state index in [-0.39, 0.29) is 12.5 Å². The van der Waals surface area contributed by atoms with Crippen molar-refractivity contribution in [1.29, 1.82) is 0 Å². The zero-order chi connectivity index (χ0) is 14.5. The molecule has 1 aliphatic heterocycles. The average Bonchev–Trinajstić information content (AvgIpc) is 2.41. The van der Waals surface area contributed by atoms with Crippen molar-refractivity contribution in [3.63, 3.8) is 0 Å². The zero-order valence-corrected chi connectivity index (χ0v) is 11.7. The van der Waals surface area contributed by atoms with Gasteiger partial charge in [-0.05, 0) is 17.7 Å². The van der Waals surface area contributed by atoms with Crippen LogP contribution in [0, 0.1) is 0 Å². The predicted molar refractivity (Wildman–Crippen MR) is 76.2 cm³/mol. The summed E-state index contributed by atoms with van der Waals surface area (Å²) in [4.78, 5) is 24.2. The molecule has 0 aromatic heterocycles. The number of hydrogen-bond acceptors (Lipinski definition) is 3. The SMILES string of the molecule is O=C(O)Cc1ccc(NC(=O)N2CCS(=O)CC2)cc1. The number of carbonyl (C=O) groups excluding carboxylic acids is 1. The number of benzene rings is 1. The lowest BCUT2D eigenvalue weighted by atomic mass is 10.1. The minimum atomic E-state index is -0.886. The molecule has 0 spiro atoms. The predicted octanol–water partition coefficient (Wildman–Crippen LogP) is 0.910. The maximum atomic E-state index is 12.0. The lowest BCUT2D eigenvalue weighted by Gasteiger charge is -2.26. The van der Waals surface area contributed by atoms with E-state index in [2.05, 4.69) is 5.32 Å². The van der Waals surface area contributed by atoms with Crippen LogP contribution in [0.25, 0.3) is 0 Å². The van der Waals surface area contributed by atoms with Crippen LogP contribution < -0.4 is 5.32 Å². The van der Waals surface area contributed by atoms with Crippen molar-refractivity contribution in [2.24, 2.45) is 0 Å². The van der Waals surface area contributed by atoms with Crippen LogP contribution in [-0.4, -0.2) is 50.8 Å². The van der Waals surface area contributed by atoms with Gasteiger partial charge in [0.1, 0.15) is 0 Å². The molecule has 2 N–H and O–H groups in total. The number of carboxylic acid groups (broad SMARTS) is 1. The summed E-state index contributed by atoms with van der Waals surface area (Å²) in [7, 11) is -0.810. The van der Waals surface area contributed by atoms with E-state index in [9.17, 15) is 13.8 Å². The number of nitrogens with one attached hydrogen (secondary N) is 1. The van der Waals surface area contributed by atoms with E-state index in [1.165, 1.54) is 0 Å². The van der Waals surface area contributed by atoms with Crippen LogP contribution in [0.15, 0.2) is 24.3 Å². The number of carbonyl (C=O) groups is 2. The topological polar surface area (TPSA) is 86.7 Å². The van der Waals surface area contributed by atoms with Crippen LogP contribution in [0.5, 0.6) is 0 Å². The molecule has 0 atom stereocenters. The number of aliphatic carboxylic acids is 1. The maximum absolute atomic E-state index is 12.0. The number of amides is 2. The Hall–Kier alpha value is -1.89. The molecule has 108 valence electrons. The summed E-state index contributed by atoms with van der Waals surface area (Å²) in [5, 5.41) is 11.4. The van der Waals surface area contributed by atoms with Crippen molar-refractivity contribution >= 4 is 28.5 Å². The number of carboxylic acids is 1. The second-order valence-electron chi connectivity index (χ2n) is 4.53. The fraction of sp³-hybridized carbons (Fsp3) is 0.385. The third-order valence-corrected chi connectivity index (χ3v) is 4.30. The highest BCUT2D eigenvalue weighted by Gasteiger charge is 2.19. The number of nitrogens with zero attached hydrogens (tertiary/aromatic N) is 1. The monoisotopic (exact) mass is 296 g/mol. The Morgan fingerprint density at radius 1 is 1.20 bits per heavy atom. The van der Waals surface area contributed by atoms with E-state index in [1.54, 1.807) is 29.2 Å². The van der Waals surface area contributed by atoms with Gasteiger partial charge in [-0.2, -0.15) is 0 Å². The van der Waals surface area contributed by atoms with E-state index in [4.69, 9.17) is 5.11 Å². The van der Waals surface area contributed by atoms with Gasteiger partial charge in [0.15, 0.2) is 0 Å². The van der Waals surface area contributed by atoms with Crippen molar-refractivity contribution in [2.45, 2.75) is 6.42 Å². The molecule has 0 unspecified atom stereocenters. The van der Waals surface area contributed by atoms with Crippen molar-refractivity contribution in [1.82, 2.24) is 4.90 Å². The van der Waals surface area contributed by atoms with Crippen LogP contribution in [-0.2, 0) is 22.0 Å². The molecule has 20 heavy (non-hydrogen) atoms. The highest BCUT2D eigenvalue weighted by atomic mass is 32.2. The van der Waals surface area contributed by atoms with Gasteiger partial charge in [0.25, 0.3) is 0 Å². The molecule has 0 radical (unpaired) electrons. The van der Waals surface area contributed by atoms with Gasteiger partial charge in [-0.3, -0.25) is 9.00 Å². The van der Waals surface area contributed by atoms with E-state index >= 15 is 0 Å². The largest absolute Gasteiger partial charge is 0.481 e. The maximum Gasteiger partial charge on any atom is 0.321 e. The Kier molecular flexibility index (Phi) is 4.73. The Morgan fingerprint density at radius 3 is 2.35 bits per heavy atom. The van der Waals surface area contributed by atoms with Crippen LogP contribution in [0.2, 0.25) is 0 Å². The van der Waals surface area contributed by atoms with Gasteiger partial charge in [0.05, 0.1) is 6.42 Å². The smallest absolute Gasteiger partial charge is 0.321 e. The summed E-state index contributed by atoms with van der Waals surface area (Å²) in [5.74, 6) is 0.152. The number of urea groups is 1. The Labute approximate surface area is 119 Å². The van der Waals surface area contributed by atoms with Crippen LogP contribution in [0.1, 0.15) is 5.56 Å². The van der Waals surface area contributed by atoms with Crippen LogP contribution in [0.4, 0.5) is 10.5 Å². The molecule has 0 bridgehead atoms. The number of anilines is 1. The highest BCUT2D eigenvalue weighted by molar-refractivity contribution is 7.85. The van der Waals surface area contributed by atoms with Gasteiger partial charge in [-0.25, -0.2) is 4.79 Å². The van der Waals surface area contributed by atoms with Gasteiger partial charge in [-0.15, -0.1) is 0 Å².